The second kappa shape index (κ2) is 7.25. The summed E-state index contributed by atoms with van der Waals surface area (Å²) in [4.78, 5) is 12.0. The van der Waals surface area contributed by atoms with Gasteiger partial charge in [0.25, 0.3) is 5.91 Å². The summed E-state index contributed by atoms with van der Waals surface area (Å²) >= 11 is 5.09. The van der Waals surface area contributed by atoms with Gasteiger partial charge in [0.1, 0.15) is 5.75 Å². The van der Waals surface area contributed by atoms with Crippen LogP contribution in [0.1, 0.15) is 10.4 Å². The third kappa shape index (κ3) is 4.47. The van der Waals surface area contributed by atoms with Crippen LogP contribution in [-0.2, 0) is 0 Å². The molecule has 108 valence electrons. The van der Waals surface area contributed by atoms with Gasteiger partial charge >= 0.3 is 0 Å². The number of ether oxygens (including phenoxy) is 1. The van der Waals surface area contributed by atoms with Crippen molar-refractivity contribution in [3.63, 3.8) is 0 Å². The van der Waals surface area contributed by atoms with Crippen LogP contribution in [0.15, 0.2) is 54.6 Å². The molecule has 0 radical (unpaired) electrons. The highest BCUT2D eigenvalue weighted by atomic mass is 32.1. The summed E-state index contributed by atoms with van der Waals surface area (Å²) in [6.45, 7) is 0. The molecule has 5 nitrogen and oxygen atoms in total. The van der Waals surface area contributed by atoms with E-state index in [0.29, 0.717) is 16.4 Å². The van der Waals surface area contributed by atoms with Crippen LogP contribution in [0, 0.1) is 0 Å². The van der Waals surface area contributed by atoms with Gasteiger partial charge in [-0.05, 0) is 42.5 Å². The Morgan fingerprint density at radius 2 is 1.81 bits per heavy atom. The molecular formula is C15H15N3O2S. The quantitative estimate of drug-likeness (QED) is 0.600. The van der Waals surface area contributed by atoms with E-state index in [9.17, 15) is 4.79 Å². The van der Waals surface area contributed by atoms with Crippen LogP contribution in [0.3, 0.4) is 0 Å². The molecule has 0 bridgehead atoms. The Bertz CT molecular complexity index is 632. The molecule has 0 heterocycles. The van der Waals surface area contributed by atoms with Gasteiger partial charge in [0.05, 0.1) is 7.11 Å². The smallest absolute Gasteiger partial charge is 0.269 e. The Morgan fingerprint density at radius 3 is 2.52 bits per heavy atom. The maximum atomic E-state index is 12.0. The summed E-state index contributed by atoms with van der Waals surface area (Å²) in [6, 6.07) is 16.3. The van der Waals surface area contributed by atoms with E-state index in [4.69, 9.17) is 17.0 Å². The van der Waals surface area contributed by atoms with Gasteiger partial charge in [-0.2, -0.15) is 0 Å². The highest BCUT2D eigenvalue weighted by Gasteiger charge is 2.06. The van der Waals surface area contributed by atoms with E-state index in [1.807, 2.05) is 30.3 Å². The number of rotatable bonds is 3. The normalized spacial score (nSPS) is 9.57. The number of hydrazine groups is 1. The van der Waals surface area contributed by atoms with Gasteiger partial charge in [-0.25, -0.2) is 0 Å². The predicted molar refractivity (Wildman–Crippen MR) is 86.3 cm³/mol. The molecule has 0 aliphatic carbocycles. The zero-order chi connectivity index (χ0) is 15.1. The first-order valence-corrected chi connectivity index (χ1v) is 6.66. The molecule has 1 amide bonds. The maximum Gasteiger partial charge on any atom is 0.269 e. The number of para-hydroxylation sites is 1. The summed E-state index contributed by atoms with van der Waals surface area (Å²) < 4.78 is 5.07. The Morgan fingerprint density at radius 1 is 1.05 bits per heavy atom. The Balaban J connectivity index is 1.87. The number of benzene rings is 2. The molecule has 2 rings (SSSR count). The summed E-state index contributed by atoms with van der Waals surface area (Å²) in [7, 11) is 1.55. The Hall–Kier alpha value is -2.60. The van der Waals surface area contributed by atoms with Gasteiger partial charge < -0.3 is 10.1 Å². The number of methoxy groups -OCH3 is 1. The number of amides is 1. The van der Waals surface area contributed by atoms with Gasteiger partial charge in [-0.1, -0.05) is 24.3 Å². The van der Waals surface area contributed by atoms with Crippen LogP contribution in [0.2, 0.25) is 0 Å². The van der Waals surface area contributed by atoms with E-state index in [1.54, 1.807) is 31.4 Å². The lowest BCUT2D eigenvalue weighted by molar-refractivity contribution is 0.0944. The molecule has 2 aromatic rings. The van der Waals surface area contributed by atoms with Crippen LogP contribution < -0.4 is 20.9 Å². The highest BCUT2D eigenvalue weighted by Crippen LogP contribution is 2.12. The number of carbonyl (C=O) groups excluding carboxylic acids is 1. The van der Waals surface area contributed by atoms with Crippen molar-refractivity contribution in [1.82, 2.24) is 10.9 Å². The fourth-order valence-corrected chi connectivity index (χ4v) is 1.80. The molecule has 0 saturated heterocycles. The summed E-state index contributed by atoms with van der Waals surface area (Å²) in [5, 5.41) is 3.26. The molecule has 0 atom stereocenters. The van der Waals surface area contributed by atoms with Crippen molar-refractivity contribution in [2.45, 2.75) is 0 Å². The second-order valence-corrected chi connectivity index (χ2v) is 4.54. The first kappa shape index (κ1) is 14.8. The average Bonchev–Trinajstić information content (AvgIpc) is 2.53. The molecule has 0 aliphatic rings. The van der Waals surface area contributed by atoms with E-state index in [1.165, 1.54) is 0 Å². The predicted octanol–water partition coefficient (Wildman–Crippen LogP) is 2.33. The lowest BCUT2D eigenvalue weighted by Gasteiger charge is -2.11. The largest absolute Gasteiger partial charge is 0.497 e. The first-order chi connectivity index (χ1) is 10.2. The van der Waals surface area contributed by atoms with Crippen LogP contribution in [0.25, 0.3) is 0 Å². The van der Waals surface area contributed by atoms with Crippen LogP contribution in [0.5, 0.6) is 5.75 Å². The van der Waals surface area contributed by atoms with Gasteiger partial charge in [0.2, 0.25) is 0 Å². The minimum absolute atomic E-state index is 0.300. The molecule has 0 fully saturated rings. The maximum absolute atomic E-state index is 12.0. The fourth-order valence-electron chi connectivity index (χ4n) is 1.63. The Labute approximate surface area is 128 Å². The van der Waals surface area contributed by atoms with Crippen molar-refractivity contribution in [1.29, 1.82) is 0 Å². The standard InChI is InChI=1S/C15H15N3O2S/c1-20-13-9-5-6-11(10-13)14(19)17-18-15(21)16-12-7-3-2-4-8-12/h2-10H,1H3,(H,17,19)(H2,16,18,21). The summed E-state index contributed by atoms with van der Waals surface area (Å²) in [5.74, 6) is 0.318. The minimum Gasteiger partial charge on any atom is -0.497 e. The number of hydrogen-bond acceptors (Lipinski definition) is 3. The van der Waals surface area contributed by atoms with E-state index >= 15 is 0 Å². The van der Waals surface area contributed by atoms with Crippen LogP contribution >= 0.6 is 12.2 Å². The molecule has 0 aromatic heterocycles. The van der Waals surface area contributed by atoms with Gasteiger partial charge in [-0.3, -0.25) is 15.6 Å². The third-order valence-electron chi connectivity index (χ3n) is 2.65. The van der Waals surface area contributed by atoms with E-state index in [-0.39, 0.29) is 5.91 Å². The number of carbonyl (C=O) groups is 1. The van der Waals surface area contributed by atoms with Crippen LogP contribution in [-0.4, -0.2) is 18.1 Å². The SMILES string of the molecule is COc1cccc(C(=O)NNC(=S)Nc2ccccc2)c1. The van der Waals surface area contributed by atoms with Crippen molar-refractivity contribution in [3.05, 3.63) is 60.2 Å². The molecule has 6 heteroatoms. The lowest BCUT2D eigenvalue weighted by Crippen LogP contribution is -2.43. The van der Waals surface area contributed by atoms with Crippen molar-refractivity contribution in [2.24, 2.45) is 0 Å². The monoisotopic (exact) mass is 301 g/mol. The molecule has 21 heavy (non-hydrogen) atoms. The number of hydrogen-bond donors (Lipinski definition) is 3. The average molecular weight is 301 g/mol. The highest BCUT2D eigenvalue weighted by molar-refractivity contribution is 7.80. The van der Waals surface area contributed by atoms with Crippen molar-refractivity contribution in [2.75, 3.05) is 12.4 Å². The van der Waals surface area contributed by atoms with Gasteiger partial charge in [0.15, 0.2) is 5.11 Å². The fraction of sp³-hybridized carbons (Fsp3) is 0.0667. The molecule has 2 aromatic carbocycles. The number of thiocarbonyl (C=S) groups is 1. The molecule has 0 unspecified atom stereocenters. The summed E-state index contributed by atoms with van der Waals surface area (Å²) in [5.41, 5.74) is 6.48. The van der Waals surface area contributed by atoms with Gasteiger partial charge in [0, 0.05) is 11.3 Å². The zero-order valence-corrected chi connectivity index (χ0v) is 12.2. The van der Waals surface area contributed by atoms with Crippen molar-refractivity contribution < 1.29 is 9.53 Å². The topological polar surface area (TPSA) is 62.4 Å². The van der Waals surface area contributed by atoms with Crippen molar-refractivity contribution >= 4 is 28.9 Å². The van der Waals surface area contributed by atoms with Crippen molar-refractivity contribution in [3.8, 4) is 5.75 Å². The van der Waals surface area contributed by atoms with Crippen LogP contribution in [0.4, 0.5) is 5.69 Å². The molecule has 3 N–H and O–H groups in total. The van der Waals surface area contributed by atoms with Gasteiger partial charge in [-0.15, -0.1) is 0 Å². The molecule has 0 saturated carbocycles. The molecule has 0 spiro atoms. The molecule has 0 aliphatic heterocycles. The van der Waals surface area contributed by atoms with E-state index in [2.05, 4.69) is 16.2 Å². The second-order valence-electron chi connectivity index (χ2n) is 4.13. The Kier molecular flexibility index (Phi) is 5.11. The van der Waals surface area contributed by atoms with E-state index in [0.717, 1.165) is 5.69 Å². The third-order valence-corrected chi connectivity index (χ3v) is 2.86. The number of anilines is 1. The van der Waals surface area contributed by atoms with E-state index < -0.39 is 0 Å². The summed E-state index contributed by atoms with van der Waals surface area (Å²) in [6.07, 6.45) is 0. The number of nitrogens with one attached hydrogen (secondary N) is 3. The minimum atomic E-state index is -0.300. The molecular weight excluding hydrogens is 286 g/mol. The zero-order valence-electron chi connectivity index (χ0n) is 11.4. The lowest BCUT2D eigenvalue weighted by atomic mass is 10.2. The first-order valence-electron chi connectivity index (χ1n) is 6.25.